The normalized spacial score (nSPS) is 16.4. The molecule has 0 atom stereocenters. The van der Waals surface area contributed by atoms with Gasteiger partial charge in [-0.1, -0.05) is 18.2 Å². The average molecular weight is 529 g/mol. The monoisotopic (exact) mass is 529 g/mol. The molecule has 1 amide bonds. The maximum atomic E-state index is 13.5. The number of esters is 1. The number of pyridine rings is 1. The first-order valence-electron chi connectivity index (χ1n) is 11.8. The number of hydrogen-bond acceptors (Lipinski definition) is 6. The molecule has 1 aliphatic carbocycles. The van der Waals surface area contributed by atoms with Crippen molar-refractivity contribution in [3.8, 4) is 5.75 Å². The van der Waals surface area contributed by atoms with E-state index in [2.05, 4.69) is 10.3 Å². The Balaban J connectivity index is 1.35. The van der Waals surface area contributed by atoms with Crippen LogP contribution < -0.4 is 15.0 Å². The van der Waals surface area contributed by atoms with Crippen molar-refractivity contribution in [3.05, 3.63) is 88.9 Å². The highest BCUT2D eigenvalue weighted by Crippen LogP contribution is 2.46. The Morgan fingerprint density at radius 2 is 1.79 bits per heavy atom. The van der Waals surface area contributed by atoms with Crippen molar-refractivity contribution in [3.63, 3.8) is 0 Å². The summed E-state index contributed by atoms with van der Waals surface area (Å²) in [4.78, 5) is 30.7. The lowest BCUT2D eigenvalue weighted by Crippen LogP contribution is -2.55. The van der Waals surface area contributed by atoms with Gasteiger partial charge in [-0.2, -0.15) is 13.2 Å². The lowest BCUT2D eigenvalue weighted by Gasteiger charge is -2.40. The molecule has 0 spiro atoms. The van der Waals surface area contributed by atoms with Gasteiger partial charge in [-0.3, -0.25) is 4.79 Å². The van der Waals surface area contributed by atoms with E-state index in [9.17, 15) is 27.2 Å². The number of carbonyl (C=O) groups is 2. The Hall–Kier alpha value is -4.15. The number of halogens is 4. The first-order chi connectivity index (χ1) is 18.1. The third kappa shape index (κ3) is 5.13. The second kappa shape index (κ2) is 9.62. The predicted octanol–water partition coefficient (Wildman–Crippen LogP) is 4.71. The number of aromatic nitrogens is 1. The van der Waals surface area contributed by atoms with Gasteiger partial charge in [-0.25, -0.2) is 14.2 Å². The van der Waals surface area contributed by atoms with Gasteiger partial charge in [0.15, 0.2) is 0 Å². The van der Waals surface area contributed by atoms with Crippen molar-refractivity contribution in [2.75, 3.05) is 25.1 Å². The fourth-order valence-electron chi connectivity index (χ4n) is 4.39. The Bertz CT molecular complexity index is 1370. The quantitative estimate of drug-likeness (QED) is 0.353. The molecule has 0 unspecified atom stereocenters. The van der Waals surface area contributed by atoms with E-state index in [-0.39, 0.29) is 30.6 Å². The van der Waals surface area contributed by atoms with Crippen LogP contribution >= 0.6 is 0 Å². The third-order valence-electron chi connectivity index (χ3n) is 6.65. The van der Waals surface area contributed by atoms with Crippen molar-refractivity contribution in [1.29, 1.82) is 0 Å². The number of carbonyl (C=O) groups excluding carboxylic acids is 2. The largest absolute Gasteiger partial charge is 0.487 e. The highest BCUT2D eigenvalue weighted by Gasteiger charge is 2.47. The summed E-state index contributed by atoms with van der Waals surface area (Å²) in [6.07, 6.45) is -3.15. The number of hydrogen-bond donors (Lipinski definition) is 1. The minimum atomic E-state index is -4.68. The molecule has 1 aromatic heterocycles. The van der Waals surface area contributed by atoms with Crippen molar-refractivity contribution in [2.24, 2.45) is 0 Å². The van der Waals surface area contributed by atoms with E-state index in [1.54, 1.807) is 35.2 Å². The zero-order valence-corrected chi connectivity index (χ0v) is 20.2. The zero-order valence-electron chi connectivity index (χ0n) is 20.2. The van der Waals surface area contributed by atoms with E-state index in [0.29, 0.717) is 30.4 Å². The zero-order chi connectivity index (χ0) is 27.1. The van der Waals surface area contributed by atoms with Crippen LogP contribution in [0.2, 0.25) is 0 Å². The summed E-state index contributed by atoms with van der Waals surface area (Å²) in [6, 6.07) is 13.0. The molecule has 2 aromatic carbocycles. The topological polar surface area (TPSA) is 80.8 Å². The fraction of sp³-hybridized carbons (Fsp3) is 0.296. The number of nitrogens with one attached hydrogen (secondary N) is 1. The van der Waals surface area contributed by atoms with Gasteiger partial charge >= 0.3 is 12.1 Å². The molecule has 1 saturated carbocycles. The predicted molar refractivity (Wildman–Crippen MR) is 128 cm³/mol. The molecule has 5 rings (SSSR count). The number of ether oxygens (including phenoxy) is 2. The maximum Gasteiger partial charge on any atom is 0.417 e. The fourth-order valence-corrected chi connectivity index (χ4v) is 4.39. The molecule has 2 heterocycles. The van der Waals surface area contributed by atoms with Crippen LogP contribution in [0, 0.1) is 5.82 Å². The summed E-state index contributed by atoms with van der Waals surface area (Å²) in [5.41, 5.74) is -0.925. The highest BCUT2D eigenvalue weighted by molar-refractivity contribution is 6.00. The van der Waals surface area contributed by atoms with E-state index in [1.807, 2.05) is 0 Å². The minimum absolute atomic E-state index is 0.103. The van der Waals surface area contributed by atoms with Gasteiger partial charge in [0.05, 0.1) is 42.4 Å². The van der Waals surface area contributed by atoms with E-state index < -0.39 is 35.0 Å². The molecular formula is C27H23F4N3O4. The smallest absolute Gasteiger partial charge is 0.417 e. The first kappa shape index (κ1) is 25.5. The van der Waals surface area contributed by atoms with Gasteiger partial charge in [0.2, 0.25) is 0 Å². The first-order valence-corrected chi connectivity index (χ1v) is 11.8. The second-order valence-corrected chi connectivity index (χ2v) is 9.30. The molecule has 3 aromatic rings. The van der Waals surface area contributed by atoms with Gasteiger partial charge in [-0.05, 0) is 48.7 Å². The third-order valence-corrected chi connectivity index (χ3v) is 6.65. The Morgan fingerprint density at radius 3 is 2.39 bits per heavy atom. The molecule has 0 bridgehead atoms. The van der Waals surface area contributed by atoms with Crippen molar-refractivity contribution >= 4 is 17.7 Å². The number of benzene rings is 2. The molecule has 38 heavy (non-hydrogen) atoms. The number of alkyl halides is 3. The summed E-state index contributed by atoms with van der Waals surface area (Å²) in [5.74, 6) is -1.20. The molecule has 1 aliphatic heterocycles. The second-order valence-electron chi connectivity index (χ2n) is 9.30. The number of methoxy groups -OCH3 is 1. The molecule has 2 aliphatic rings. The van der Waals surface area contributed by atoms with E-state index in [1.165, 1.54) is 25.3 Å². The summed E-state index contributed by atoms with van der Waals surface area (Å²) in [5, 5.41) is 2.88. The lowest BCUT2D eigenvalue weighted by molar-refractivity contribution is -0.137. The van der Waals surface area contributed by atoms with E-state index in [0.717, 1.165) is 11.6 Å². The molecule has 198 valence electrons. The van der Waals surface area contributed by atoms with Crippen LogP contribution in [-0.2, 0) is 16.5 Å². The number of rotatable bonds is 7. The number of amides is 1. The van der Waals surface area contributed by atoms with Crippen LogP contribution in [0.1, 0.15) is 44.7 Å². The lowest BCUT2D eigenvalue weighted by atomic mass is 10.0. The average Bonchev–Trinajstić information content (AvgIpc) is 3.65. The van der Waals surface area contributed by atoms with Crippen LogP contribution in [0.15, 0.2) is 60.8 Å². The van der Waals surface area contributed by atoms with Gasteiger partial charge in [0.1, 0.15) is 23.5 Å². The summed E-state index contributed by atoms with van der Waals surface area (Å²) in [7, 11) is 1.27. The van der Waals surface area contributed by atoms with E-state index in [4.69, 9.17) is 9.47 Å². The Labute approximate surface area is 215 Å². The van der Waals surface area contributed by atoms with Crippen molar-refractivity contribution in [1.82, 2.24) is 10.3 Å². The number of nitrogens with zero attached hydrogens (tertiary/aromatic N) is 2. The van der Waals surface area contributed by atoms with Crippen LogP contribution in [-0.4, -0.2) is 43.2 Å². The van der Waals surface area contributed by atoms with Crippen LogP contribution in [0.5, 0.6) is 5.75 Å². The van der Waals surface area contributed by atoms with Gasteiger partial charge in [0, 0.05) is 12.3 Å². The van der Waals surface area contributed by atoms with Crippen molar-refractivity contribution < 1.29 is 36.6 Å². The van der Waals surface area contributed by atoms with Crippen LogP contribution in [0.3, 0.4) is 0 Å². The Kier molecular flexibility index (Phi) is 6.46. The minimum Gasteiger partial charge on any atom is -0.487 e. The summed E-state index contributed by atoms with van der Waals surface area (Å²) < 4.78 is 64.3. The Morgan fingerprint density at radius 1 is 1.08 bits per heavy atom. The van der Waals surface area contributed by atoms with Gasteiger partial charge in [-0.15, -0.1) is 0 Å². The molecule has 1 saturated heterocycles. The van der Waals surface area contributed by atoms with Gasteiger partial charge < -0.3 is 19.7 Å². The standard InChI is InChI=1S/C27H23F4N3O4/c1-37-25(36)16-5-7-17(8-6-16)26(9-10-26)33-24(35)22-11-18(27(29,30)31)13-32-23(22)34-14-21(15-34)38-20-4-2-3-19(28)12-20/h2-8,11-13,21H,9-10,14-15H2,1H3,(H,33,35). The molecule has 2 fully saturated rings. The molecule has 1 N–H and O–H groups in total. The highest BCUT2D eigenvalue weighted by atomic mass is 19.4. The van der Waals surface area contributed by atoms with Crippen molar-refractivity contribution in [2.45, 2.75) is 30.7 Å². The molecular weight excluding hydrogens is 506 g/mol. The molecule has 11 heteroatoms. The van der Waals surface area contributed by atoms with E-state index >= 15 is 0 Å². The van der Waals surface area contributed by atoms with Gasteiger partial charge in [0.25, 0.3) is 5.91 Å². The SMILES string of the molecule is COC(=O)c1ccc(C2(NC(=O)c3cc(C(F)(F)F)cnc3N3CC(Oc4cccc(F)c4)C3)CC2)cc1. The maximum absolute atomic E-state index is 13.5. The summed E-state index contributed by atoms with van der Waals surface area (Å²) >= 11 is 0. The molecule has 0 radical (unpaired) electrons. The molecule has 7 nitrogen and oxygen atoms in total. The van der Waals surface area contributed by atoms with Crippen LogP contribution in [0.4, 0.5) is 23.4 Å². The summed E-state index contributed by atoms with van der Waals surface area (Å²) in [6.45, 7) is 0.518. The number of anilines is 1. The van der Waals surface area contributed by atoms with Crippen LogP contribution in [0.25, 0.3) is 0 Å².